The number of ether oxygens (including phenoxy) is 1. The maximum absolute atomic E-state index is 9.31. The summed E-state index contributed by atoms with van der Waals surface area (Å²) in [6.45, 7) is 0.301. The minimum atomic E-state index is 0.0503. The van der Waals surface area contributed by atoms with E-state index in [2.05, 4.69) is 12.2 Å². The van der Waals surface area contributed by atoms with Crippen molar-refractivity contribution in [3.05, 3.63) is 12.2 Å². The van der Waals surface area contributed by atoms with Crippen molar-refractivity contribution in [2.75, 3.05) is 6.61 Å². The second-order valence-corrected chi connectivity index (χ2v) is 4.64. The van der Waals surface area contributed by atoms with Crippen LogP contribution in [0.3, 0.4) is 0 Å². The van der Waals surface area contributed by atoms with E-state index in [0.29, 0.717) is 12.5 Å². The minimum Gasteiger partial charge on any atom is -0.396 e. The fourth-order valence-corrected chi connectivity index (χ4v) is 3.39. The van der Waals surface area contributed by atoms with Crippen molar-refractivity contribution in [3.63, 3.8) is 0 Å². The Labute approximate surface area is 78.6 Å². The van der Waals surface area contributed by atoms with Crippen molar-refractivity contribution >= 4 is 0 Å². The lowest BCUT2D eigenvalue weighted by Gasteiger charge is -2.32. The number of hydrogen-bond acceptors (Lipinski definition) is 2. The molecule has 0 radical (unpaired) electrons. The lowest BCUT2D eigenvalue weighted by Crippen LogP contribution is -2.40. The zero-order valence-corrected chi connectivity index (χ0v) is 7.83. The monoisotopic (exact) mass is 180 g/mol. The SMILES string of the molecule is OC[C@@H]1CCC[C@@]23CC=CC[C@@]12O3. The van der Waals surface area contributed by atoms with Gasteiger partial charge in [0, 0.05) is 12.5 Å². The van der Waals surface area contributed by atoms with Crippen LogP contribution in [-0.4, -0.2) is 22.9 Å². The topological polar surface area (TPSA) is 32.8 Å². The highest BCUT2D eigenvalue weighted by Gasteiger charge is 2.73. The third kappa shape index (κ3) is 0.810. The number of aliphatic hydroxyl groups is 1. The lowest BCUT2D eigenvalue weighted by molar-refractivity contribution is 0.125. The molecule has 13 heavy (non-hydrogen) atoms. The van der Waals surface area contributed by atoms with Crippen LogP contribution in [0.1, 0.15) is 32.1 Å². The van der Waals surface area contributed by atoms with Crippen molar-refractivity contribution in [1.82, 2.24) is 0 Å². The van der Waals surface area contributed by atoms with E-state index in [1.165, 1.54) is 12.8 Å². The van der Waals surface area contributed by atoms with Gasteiger partial charge in [0.05, 0.1) is 0 Å². The maximum Gasteiger partial charge on any atom is 0.107 e. The number of aliphatic hydroxyl groups excluding tert-OH is 1. The van der Waals surface area contributed by atoms with Crippen LogP contribution in [0.25, 0.3) is 0 Å². The van der Waals surface area contributed by atoms with E-state index >= 15 is 0 Å². The molecule has 0 aromatic heterocycles. The molecule has 0 aromatic rings. The zero-order valence-electron chi connectivity index (χ0n) is 7.83. The van der Waals surface area contributed by atoms with E-state index < -0.39 is 0 Å². The highest BCUT2D eigenvalue weighted by atomic mass is 16.6. The predicted octanol–water partition coefficient (Wildman–Crippen LogP) is 1.64. The normalized spacial score (nSPS) is 52.5. The van der Waals surface area contributed by atoms with Gasteiger partial charge in [-0.15, -0.1) is 0 Å². The zero-order chi connectivity index (χ0) is 8.94. The first-order valence-electron chi connectivity index (χ1n) is 5.29. The molecule has 1 saturated carbocycles. The molecule has 1 saturated heterocycles. The Morgan fingerprint density at radius 2 is 2.23 bits per heavy atom. The van der Waals surface area contributed by atoms with Crippen LogP contribution in [0.2, 0.25) is 0 Å². The van der Waals surface area contributed by atoms with Crippen molar-refractivity contribution in [1.29, 1.82) is 0 Å². The standard InChI is InChI=1S/C11H16O2/c12-8-9-4-3-6-10-5-1-2-7-11(9,10)13-10/h1-2,9,12H,3-8H2/t9-,10-,11+/m0/s1. The molecular weight excluding hydrogens is 164 g/mol. The Balaban J connectivity index is 1.94. The van der Waals surface area contributed by atoms with Crippen LogP contribution >= 0.6 is 0 Å². The molecule has 3 rings (SSSR count). The quantitative estimate of drug-likeness (QED) is 0.491. The highest BCUT2D eigenvalue weighted by molar-refractivity contribution is 5.27. The molecule has 1 N–H and O–H groups in total. The smallest absolute Gasteiger partial charge is 0.107 e. The van der Waals surface area contributed by atoms with E-state index in [9.17, 15) is 5.11 Å². The summed E-state index contributed by atoms with van der Waals surface area (Å²) >= 11 is 0. The van der Waals surface area contributed by atoms with Crippen LogP contribution in [-0.2, 0) is 4.74 Å². The van der Waals surface area contributed by atoms with E-state index in [0.717, 1.165) is 19.3 Å². The summed E-state index contributed by atoms with van der Waals surface area (Å²) in [6, 6.07) is 0. The summed E-state index contributed by atoms with van der Waals surface area (Å²) in [4.78, 5) is 0. The van der Waals surface area contributed by atoms with E-state index in [4.69, 9.17) is 4.74 Å². The molecular formula is C11H16O2. The molecule has 3 aliphatic rings. The molecule has 1 heterocycles. The molecule has 0 bridgehead atoms. The van der Waals surface area contributed by atoms with E-state index in [-0.39, 0.29) is 11.2 Å². The number of rotatable bonds is 1. The van der Waals surface area contributed by atoms with Crippen LogP contribution in [0.15, 0.2) is 12.2 Å². The van der Waals surface area contributed by atoms with Gasteiger partial charge < -0.3 is 9.84 Å². The van der Waals surface area contributed by atoms with Gasteiger partial charge in [0.1, 0.15) is 11.2 Å². The van der Waals surface area contributed by atoms with Gasteiger partial charge in [0.15, 0.2) is 0 Å². The third-order valence-corrected chi connectivity index (χ3v) is 4.16. The van der Waals surface area contributed by atoms with Crippen LogP contribution < -0.4 is 0 Å². The van der Waals surface area contributed by atoms with Gasteiger partial charge >= 0.3 is 0 Å². The second kappa shape index (κ2) is 2.37. The molecule has 0 unspecified atom stereocenters. The highest BCUT2D eigenvalue weighted by Crippen LogP contribution is 2.65. The molecule has 0 spiro atoms. The van der Waals surface area contributed by atoms with Gasteiger partial charge in [-0.2, -0.15) is 0 Å². The Hall–Kier alpha value is -0.340. The number of epoxide rings is 1. The predicted molar refractivity (Wildman–Crippen MR) is 49.3 cm³/mol. The van der Waals surface area contributed by atoms with E-state index in [1.807, 2.05) is 0 Å². The van der Waals surface area contributed by atoms with Crippen molar-refractivity contribution in [2.45, 2.75) is 43.3 Å². The van der Waals surface area contributed by atoms with Crippen molar-refractivity contribution < 1.29 is 9.84 Å². The number of hydrogen-bond donors (Lipinski definition) is 1. The summed E-state index contributed by atoms with van der Waals surface area (Å²) in [5, 5.41) is 9.31. The molecule has 0 amide bonds. The van der Waals surface area contributed by atoms with Gasteiger partial charge in [-0.1, -0.05) is 12.2 Å². The van der Waals surface area contributed by atoms with E-state index in [1.54, 1.807) is 0 Å². The molecule has 2 heteroatoms. The Kier molecular flexibility index (Phi) is 1.46. The average molecular weight is 180 g/mol. The van der Waals surface area contributed by atoms with Crippen LogP contribution in [0.5, 0.6) is 0 Å². The van der Waals surface area contributed by atoms with Gasteiger partial charge in [0.2, 0.25) is 0 Å². The first-order valence-corrected chi connectivity index (χ1v) is 5.29. The molecule has 72 valence electrons. The summed E-state index contributed by atoms with van der Waals surface area (Å²) in [5.41, 5.74) is 0.197. The summed E-state index contributed by atoms with van der Waals surface area (Å²) < 4.78 is 5.99. The lowest BCUT2D eigenvalue weighted by atomic mass is 9.68. The van der Waals surface area contributed by atoms with Crippen molar-refractivity contribution in [3.8, 4) is 0 Å². The fourth-order valence-electron chi connectivity index (χ4n) is 3.39. The molecule has 3 atom stereocenters. The van der Waals surface area contributed by atoms with Crippen LogP contribution in [0, 0.1) is 5.92 Å². The first-order chi connectivity index (χ1) is 6.33. The molecule has 0 aromatic carbocycles. The summed E-state index contributed by atoms with van der Waals surface area (Å²) in [5.74, 6) is 0.395. The van der Waals surface area contributed by atoms with Gasteiger partial charge in [-0.05, 0) is 32.1 Å². The first kappa shape index (κ1) is 8.01. The minimum absolute atomic E-state index is 0.0503. The molecule has 1 aliphatic heterocycles. The average Bonchev–Trinajstić information content (AvgIpc) is 2.86. The largest absolute Gasteiger partial charge is 0.396 e. The fraction of sp³-hybridized carbons (Fsp3) is 0.818. The van der Waals surface area contributed by atoms with Gasteiger partial charge in [-0.25, -0.2) is 0 Å². The van der Waals surface area contributed by atoms with Crippen LogP contribution in [0.4, 0.5) is 0 Å². The molecule has 2 aliphatic carbocycles. The van der Waals surface area contributed by atoms with Gasteiger partial charge in [-0.3, -0.25) is 0 Å². The second-order valence-electron chi connectivity index (χ2n) is 4.64. The third-order valence-electron chi connectivity index (χ3n) is 4.16. The molecule has 2 nitrogen and oxygen atoms in total. The summed E-state index contributed by atoms with van der Waals surface area (Å²) in [6.07, 6.45) is 10.1. The Bertz CT molecular complexity index is 261. The Morgan fingerprint density at radius 3 is 3.08 bits per heavy atom. The van der Waals surface area contributed by atoms with Gasteiger partial charge in [0.25, 0.3) is 0 Å². The maximum atomic E-state index is 9.31. The van der Waals surface area contributed by atoms with Crippen molar-refractivity contribution in [2.24, 2.45) is 5.92 Å². The molecule has 2 fully saturated rings. The summed E-state index contributed by atoms with van der Waals surface area (Å²) in [7, 11) is 0. The Morgan fingerprint density at radius 1 is 1.38 bits per heavy atom.